The van der Waals surface area contributed by atoms with E-state index < -0.39 is 12.7 Å². The third kappa shape index (κ3) is 12.2. The predicted molar refractivity (Wildman–Crippen MR) is 97.0 cm³/mol. The molecule has 2 N–H and O–H groups in total. The van der Waals surface area contributed by atoms with Crippen molar-refractivity contribution >= 4 is 0 Å². The van der Waals surface area contributed by atoms with Crippen molar-refractivity contribution in [3.8, 4) is 0 Å². The molecular formula is C20H40O2. The molecule has 0 saturated carbocycles. The largest absolute Gasteiger partial charge is 0.393 e. The zero-order valence-corrected chi connectivity index (χ0v) is 15.4. The molecule has 0 saturated heterocycles. The van der Waals surface area contributed by atoms with Gasteiger partial charge >= 0.3 is 0 Å². The van der Waals surface area contributed by atoms with E-state index in [1.165, 1.54) is 38.5 Å². The Morgan fingerprint density at radius 3 is 1.82 bits per heavy atom. The van der Waals surface area contributed by atoms with Crippen LogP contribution in [-0.2, 0) is 0 Å². The molecular weight excluding hydrogens is 272 g/mol. The Kier molecular flexibility index (Phi) is 11.8. The standard InChI is InChI=1S/C20H40O2/c1-16(2)9-6-10-17(3)11-7-12-18(4)13-8-14-19(5)20(22)15-21/h16-18,20-22H,5-15H2,1-4H3/i20D. The summed E-state index contributed by atoms with van der Waals surface area (Å²) in [6.45, 7) is 12.4. The summed E-state index contributed by atoms with van der Waals surface area (Å²) in [6.07, 6.45) is 8.73. The normalized spacial score (nSPS) is 17.9. The van der Waals surface area contributed by atoms with Crippen LogP contribution >= 0.6 is 0 Å². The summed E-state index contributed by atoms with van der Waals surface area (Å²) < 4.78 is 7.51. The van der Waals surface area contributed by atoms with Crippen LogP contribution in [0.4, 0.5) is 0 Å². The summed E-state index contributed by atoms with van der Waals surface area (Å²) >= 11 is 0. The summed E-state index contributed by atoms with van der Waals surface area (Å²) in [5, 5.41) is 18.5. The Bertz CT molecular complexity index is 313. The molecule has 2 heteroatoms. The van der Waals surface area contributed by atoms with Gasteiger partial charge in [0, 0.05) is 0 Å². The van der Waals surface area contributed by atoms with Gasteiger partial charge in [0.15, 0.2) is 0 Å². The first-order valence-electron chi connectivity index (χ1n) is 9.70. The molecule has 3 unspecified atom stereocenters. The van der Waals surface area contributed by atoms with Crippen molar-refractivity contribution < 1.29 is 11.6 Å². The Labute approximate surface area is 140 Å². The third-order valence-electron chi connectivity index (χ3n) is 4.61. The zero-order chi connectivity index (χ0) is 17.9. The van der Waals surface area contributed by atoms with Gasteiger partial charge in [-0.3, -0.25) is 0 Å². The highest BCUT2D eigenvalue weighted by molar-refractivity contribution is 5.01. The molecule has 0 aliphatic heterocycles. The second-order valence-corrected chi connectivity index (χ2v) is 7.57. The number of rotatable bonds is 14. The summed E-state index contributed by atoms with van der Waals surface area (Å²) in [5.41, 5.74) is 0.422. The summed E-state index contributed by atoms with van der Waals surface area (Å²) in [4.78, 5) is 0. The van der Waals surface area contributed by atoms with Crippen molar-refractivity contribution in [2.45, 2.75) is 91.6 Å². The summed E-state index contributed by atoms with van der Waals surface area (Å²) in [7, 11) is 0. The minimum absolute atomic E-state index is 0.422. The minimum Gasteiger partial charge on any atom is -0.393 e. The average Bonchev–Trinajstić information content (AvgIpc) is 2.46. The first kappa shape index (κ1) is 19.7. The summed E-state index contributed by atoms with van der Waals surface area (Å²) in [5.74, 6) is 2.34. The van der Waals surface area contributed by atoms with Gasteiger partial charge in [-0.25, -0.2) is 0 Å². The maximum Gasteiger partial charge on any atom is 0.0978 e. The van der Waals surface area contributed by atoms with E-state index in [2.05, 4.69) is 34.3 Å². The molecule has 0 spiro atoms. The van der Waals surface area contributed by atoms with Crippen LogP contribution in [0.25, 0.3) is 0 Å². The lowest BCUT2D eigenvalue weighted by molar-refractivity contribution is 0.119. The maximum atomic E-state index is 9.58. The Morgan fingerprint density at radius 2 is 1.36 bits per heavy atom. The van der Waals surface area contributed by atoms with Crippen LogP contribution in [0.3, 0.4) is 0 Å². The SMILES string of the molecule is [2H]C(O)(CO)C(=C)CCCC(C)CCCC(C)CCCC(C)C. The average molecular weight is 314 g/mol. The molecule has 0 bridgehead atoms. The maximum absolute atomic E-state index is 9.58. The predicted octanol–water partition coefficient (Wildman–Crippen LogP) is 5.33. The first-order valence-corrected chi connectivity index (χ1v) is 9.20. The molecule has 0 rings (SSSR count). The molecule has 0 aromatic carbocycles. The van der Waals surface area contributed by atoms with E-state index in [4.69, 9.17) is 6.48 Å². The second kappa shape index (κ2) is 13.1. The number of hydrogen-bond donors (Lipinski definition) is 2. The molecule has 2 nitrogen and oxygen atoms in total. The van der Waals surface area contributed by atoms with Crippen LogP contribution in [0.2, 0.25) is 0 Å². The van der Waals surface area contributed by atoms with Crippen molar-refractivity contribution in [3.63, 3.8) is 0 Å². The highest BCUT2D eigenvalue weighted by atomic mass is 16.3. The minimum atomic E-state index is -1.87. The lowest BCUT2D eigenvalue weighted by atomic mass is 9.91. The lowest BCUT2D eigenvalue weighted by Crippen LogP contribution is -2.14. The molecule has 0 amide bonds. The second-order valence-electron chi connectivity index (χ2n) is 7.57. The monoisotopic (exact) mass is 313 g/mol. The Balaban J connectivity index is 3.68. The van der Waals surface area contributed by atoms with E-state index in [1.807, 2.05) is 0 Å². The van der Waals surface area contributed by atoms with Crippen LogP contribution in [0.5, 0.6) is 0 Å². The highest BCUT2D eigenvalue weighted by Gasteiger charge is 2.09. The Morgan fingerprint density at radius 1 is 0.909 bits per heavy atom. The van der Waals surface area contributed by atoms with Gasteiger partial charge in [-0.2, -0.15) is 0 Å². The van der Waals surface area contributed by atoms with E-state index in [0.717, 1.165) is 24.7 Å². The van der Waals surface area contributed by atoms with Gasteiger partial charge in [-0.15, -0.1) is 0 Å². The van der Waals surface area contributed by atoms with Crippen molar-refractivity contribution in [3.05, 3.63) is 12.2 Å². The molecule has 0 aliphatic rings. The number of hydrogen-bond acceptors (Lipinski definition) is 2. The fourth-order valence-corrected chi connectivity index (χ4v) is 2.90. The Hall–Kier alpha value is -0.340. The number of aliphatic hydroxyl groups excluding tert-OH is 1. The van der Waals surface area contributed by atoms with E-state index in [9.17, 15) is 5.11 Å². The first-order chi connectivity index (χ1) is 10.7. The lowest BCUT2D eigenvalue weighted by Gasteiger charge is -2.16. The number of aliphatic hydroxyl groups is 2. The highest BCUT2D eigenvalue weighted by Crippen LogP contribution is 2.22. The van der Waals surface area contributed by atoms with Crippen LogP contribution in [-0.4, -0.2) is 22.9 Å². The van der Waals surface area contributed by atoms with Gasteiger partial charge in [-0.05, 0) is 36.2 Å². The zero-order valence-electron chi connectivity index (χ0n) is 16.4. The van der Waals surface area contributed by atoms with Gasteiger partial charge in [0.1, 0.15) is 0 Å². The molecule has 0 aromatic rings. The van der Waals surface area contributed by atoms with Crippen LogP contribution < -0.4 is 0 Å². The molecule has 22 heavy (non-hydrogen) atoms. The van der Waals surface area contributed by atoms with E-state index >= 15 is 0 Å². The fraction of sp³-hybridized carbons (Fsp3) is 0.900. The molecule has 0 heterocycles. The van der Waals surface area contributed by atoms with Crippen molar-refractivity contribution in [2.75, 3.05) is 6.61 Å². The van der Waals surface area contributed by atoms with Crippen LogP contribution in [0.15, 0.2) is 12.2 Å². The molecule has 0 aliphatic carbocycles. The van der Waals surface area contributed by atoms with Gasteiger partial charge in [0.2, 0.25) is 0 Å². The molecule has 132 valence electrons. The van der Waals surface area contributed by atoms with Gasteiger partial charge in [0.05, 0.1) is 14.1 Å². The van der Waals surface area contributed by atoms with Gasteiger partial charge in [-0.1, -0.05) is 79.2 Å². The van der Waals surface area contributed by atoms with Crippen molar-refractivity contribution in [1.29, 1.82) is 0 Å². The quantitative estimate of drug-likeness (QED) is 0.425. The van der Waals surface area contributed by atoms with Crippen LogP contribution in [0, 0.1) is 17.8 Å². The molecule has 0 aromatic heterocycles. The van der Waals surface area contributed by atoms with Crippen molar-refractivity contribution in [2.24, 2.45) is 17.8 Å². The van der Waals surface area contributed by atoms with E-state index in [0.29, 0.717) is 17.9 Å². The van der Waals surface area contributed by atoms with E-state index in [-0.39, 0.29) is 0 Å². The topological polar surface area (TPSA) is 40.5 Å². The molecule has 0 fully saturated rings. The van der Waals surface area contributed by atoms with Gasteiger partial charge < -0.3 is 10.2 Å². The van der Waals surface area contributed by atoms with Crippen LogP contribution in [0.1, 0.15) is 86.9 Å². The van der Waals surface area contributed by atoms with Crippen molar-refractivity contribution in [1.82, 2.24) is 0 Å². The fourth-order valence-electron chi connectivity index (χ4n) is 2.90. The molecule has 3 atom stereocenters. The smallest absolute Gasteiger partial charge is 0.0978 e. The van der Waals surface area contributed by atoms with Gasteiger partial charge in [0.25, 0.3) is 0 Å². The third-order valence-corrected chi connectivity index (χ3v) is 4.61. The molecule has 0 radical (unpaired) electrons. The van der Waals surface area contributed by atoms with E-state index in [1.54, 1.807) is 0 Å². The summed E-state index contributed by atoms with van der Waals surface area (Å²) in [6, 6.07) is 0.